The van der Waals surface area contributed by atoms with Gasteiger partial charge in [-0.25, -0.2) is 4.79 Å². The van der Waals surface area contributed by atoms with Crippen LogP contribution in [0, 0.1) is 0 Å². The molecule has 3 aliphatic rings. The maximum Gasteiger partial charge on any atom is 0.339 e. The second-order valence-corrected chi connectivity index (χ2v) is 7.49. The van der Waals surface area contributed by atoms with Gasteiger partial charge in [0.2, 0.25) is 0 Å². The fourth-order valence-electron chi connectivity index (χ4n) is 5.31. The third kappa shape index (κ3) is 2.58. The van der Waals surface area contributed by atoms with Gasteiger partial charge in [0, 0.05) is 38.5 Å². The molecule has 0 aromatic heterocycles. The van der Waals surface area contributed by atoms with Gasteiger partial charge in [0.05, 0.1) is 25.2 Å². The minimum Gasteiger partial charge on any atom is -0.460 e. The Labute approximate surface area is 137 Å². The number of hydrogen-bond donors (Lipinski definition) is 1. The lowest BCUT2D eigenvalue weighted by atomic mass is 9.96. The van der Waals surface area contributed by atoms with E-state index in [9.17, 15) is 9.90 Å². The molecule has 0 amide bonds. The maximum atomic E-state index is 12.3. The van der Waals surface area contributed by atoms with Crippen LogP contribution in [0.5, 0.6) is 0 Å². The van der Waals surface area contributed by atoms with Crippen LogP contribution in [0.2, 0.25) is 0 Å². The Kier molecular flexibility index (Phi) is 3.90. The molecular weight excluding hydrogens is 290 g/mol. The molecule has 3 atom stereocenters. The van der Waals surface area contributed by atoms with Crippen molar-refractivity contribution in [1.29, 1.82) is 0 Å². The van der Waals surface area contributed by atoms with Gasteiger partial charge in [-0.15, -0.1) is 0 Å². The van der Waals surface area contributed by atoms with Crippen LogP contribution in [-0.2, 0) is 9.53 Å². The van der Waals surface area contributed by atoms with Gasteiger partial charge in [-0.2, -0.15) is 0 Å². The summed E-state index contributed by atoms with van der Waals surface area (Å²) in [6, 6.07) is 10.4. The van der Waals surface area contributed by atoms with Crippen molar-refractivity contribution in [2.75, 3.05) is 13.1 Å². The SMILES string of the molecule is O=C(OC1CC2CCC(C1)[N+]21CCCC1)C(O)c1ccccc1. The highest BCUT2D eigenvalue weighted by atomic mass is 16.6. The summed E-state index contributed by atoms with van der Waals surface area (Å²) in [4.78, 5) is 12.3. The normalized spacial score (nSPS) is 32.8. The molecule has 3 unspecified atom stereocenters. The lowest BCUT2D eigenvalue weighted by molar-refractivity contribution is -0.956. The number of carbonyl (C=O) groups is 1. The van der Waals surface area contributed by atoms with E-state index in [4.69, 9.17) is 4.74 Å². The summed E-state index contributed by atoms with van der Waals surface area (Å²) in [6.07, 6.45) is 6.04. The van der Waals surface area contributed by atoms with Crippen molar-refractivity contribution < 1.29 is 19.1 Å². The smallest absolute Gasteiger partial charge is 0.339 e. The number of ether oxygens (including phenoxy) is 1. The fraction of sp³-hybridized carbons (Fsp3) is 0.632. The number of esters is 1. The summed E-state index contributed by atoms with van der Waals surface area (Å²) in [6.45, 7) is 2.64. The molecule has 23 heavy (non-hydrogen) atoms. The van der Waals surface area contributed by atoms with E-state index in [1.54, 1.807) is 12.1 Å². The first-order valence-corrected chi connectivity index (χ1v) is 8.99. The summed E-state index contributed by atoms with van der Waals surface area (Å²) < 4.78 is 6.99. The molecule has 3 aliphatic heterocycles. The van der Waals surface area contributed by atoms with Gasteiger partial charge in [0.15, 0.2) is 6.10 Å². The molecule has 3 saturated heterocycles. The van der Waals surface area contributed by atoms with Crippen molar-refractivity contribution in [2.24, 2.45) is 0 Å². The Balaban J connectivity index is 1.40. The van der Waals surface area contributed by atoms with Crippen molar-refractivity contribution in [2.45, 2.75) is 62.8 Å². The molecule has 124 valence electrons. The van der Waals surface area contributed by atoms with E-state index < -0.39 is 12.1 Å². The molecule has 3 heterocycles. The molecule has 0 saturated carbocycles. The van der Waals surface area contributed by atoms with Gasteiger partial charge in [-0.05, 0) is 5.56 Å². The first kappa shape index (κ1) is 15.2. The van der Waals surface area contributed by atoms with Gasteiger partial charge in [-0.3, -0.25) is 0 Å². The average molecular weight is 316 g/mol. The minimum atomic E-state index is -1.16. The first-order chi connectivity index (χ1) is 11.2. The zero-order valence-electron chi connectivity index (χ0n) is 13.6. The number of carbonyl (C=O) groups excluding carboxylic acids is 1. The maximum absolute atomic E-state index is 12.3. The number of benzene rings is 1. The molecule has 1 aromatic rings. The second-order valence-electron chi connectivity index (χ2n) is 7.49. The largest absolute Gasteiger partial charge is 0.460 e. The number of piperidine rings is 1. The van der Waals surface area contributed by atoms with Crippen molar-refractivity contribution in [1.82, 2.24) is 0 Å². The topological polar surface area (TPSA) is 46.5 Å². The highest BCUT2D eigenvalue weighted by molar-refractivity contribution is 5.76. The second kappa shape index (κ2) is 5.91. The number of rotatable bonds is 3. The quantitative estimate of drug-likeness (QED) is 0.689. The van der Waals surface area contributed by atoms with Crippen LogP contribution >= 0.6 is 0 Å². The van der Waals surface area contributed by atoms with Crippen LogP contribution in [0.1, 0.15) is 50.2 Å². The third-order valence-corrected chi connectivity index (χ3v) is 6.38. The van der Waals surface area contributed by atoms with Gasteiger partial charge >= 0.3 is 5.97 Å². The van der Waals surface area contributed by atoms with E-state index in [-0.39, 0.29) is 6.10 Å². The zero-order chi connectivity index (χ0) is 15.9. The van der Waals surface area contributed by atoms with Crippen molar-refractivity contribution in [3.8, 4) is 0 Å². The van der Waals surface area contributed by atoms with Crippen molar-refractivity contribution >= 4 is 5.97 Å². The molecule has 4 rings (SSSR count). The predicted octanol–water partition coefficient (Wildman–Crippen LogP) is 2.57. The highest BCUT2D eigenvalue weighted by Crippen LogP contribution is 2.46. The summed E-state index contributed by atoms with van der Waals surface area (Å²) >= 11 is 0. The summed E-state index contributed by atoms with van der Waals surface area (Å²) in [5.41, 5.74) is 0.610. The van der Waals surface area contributed by atoms with Gasteiger partial charge in [-0.1, -0.05) is 30.3 Å². The first-order valence-electron chi connectivity index (χ1n) is 8.99. The summed E-state index contributed by atoms with van der Waals surface area (Å²) in [7, 11) is 0. The number of nitrogens with zero attached hydrogens (tertiary/aromatic N) is 1. The molecule has 0 aliphatic carbocycles. The van der Waals surface area contributed by atoms with Crippen LogP contribution in [0.25, 0.3) is 0 Å². The molecule has 1 aromatic carbocycles. The fourth-order valence-corrected chi connectivity index (χ4v) is 5.31. The monoisotopic (exact) mass is 316 g/mol. The molecule has 2 bridgehead atoms. The molecule has 4 heteroatoms. The Morgan fingerprint density at radius 1 is 1.09 bits per heavy atom. The Morgan fingerprint density at radius 3 is 2.30 bits per heavy atom. The van der Waals surface area contributed by atoms with E-state index in [1.807, 2.05) is 18.2 Å². The lowest BCUT2D eigenvalue weighted by Crippen LogP contribution is -2.59. The van der Waals surface area contributed by atoms with Crippen molar-refractivity contribution in [3.05, 3.63) is 35.9 Å². The third-order valence-electron chi connectivity index (χ3n) is 6.38. The number of hydrogen-bond acceptors (Lipinski definition) is 3. The van der Waals surface area contributed by atoms with E-state index in [0.29, 0.717) is 17.6 Å². The average Bonchev–Trinajstić information content (AvgIpc) is 3.12. The summed E-state index contributed by atoms with van der Waals surface area (Å²) in [5.74, 6) is -0.490. The van der Waals surface area contributed by atoms with Crippen molar-refractivity contribution in [3.63, 3.8) is 0 Å². The van der Waals surface area contributed by atoms with Gasteiger partial charge in [0.25, 0.3) is 0 Å². The molecule has 1 N–H and O–H groups in total. The van der Waals surface area contributed by atoms with Crippen LogP contribution in [-0.4, -0.2) is 46.8 Å². The Bertz CT molecular complexity index is 551. The number of aliphatic hydroxyl groups excluding tert-OH is 1. The number of quaternary nitrogens is 1. The van der Waals surface area contributed by atoms with E-state index in [0.717, 1.165) is 12.8 Å². The Morgan fingerprint density at radius 2 is 1.70 bits per heavy atom. The minimum absolute atomic E-state index is 0.0114. The Hall–Kier alpha value is -1.39. The molecule has 1 spiro atoms. The molecule has 0 radical (unpaired) electrons. The molecular formula is C19H26NO3+. The van der Waals surface area contributed by atoms with Crippen LogP contribution in [0.15, 0.2) is 30.3 Å². The number of aliphatic hydroxyl groups is 1. The molecule has 3 fully saturated rings. The van der Waals surface area contributed by atoms with Gasteiger partial charge < -0.3 is 14.3 Å². The lowest BCUT2D eigenvalue weighted by Gasteiger charge is -2.46. The highest BCUT2D eigenvalue weighted by Gasteiger charge is 2.55. The van der Waals surface area contributed by atoms with Crippen LogP contribution in [0.4, 0.5) is 0 Å². The van der Waals surface area contributed by atoms with Crippen LogP contribution in [0.3, 0.4) is 0 Å². The van der Waals surface area contributed by atoms with E-state index in [1.165, 1.54) is 43.3 Å². The van der Waals surface area contributed by atoms with E-state index in [2.05, 4.69) is 0 Å². The molecule has 4 nitrogen and oxygen atoms in total. The van der Waals surface area contributed by atoms with Gasteiger partial charge in [0.1, 0.15) is 6.10 Å². The predicted molar refractivity (Wildman–Crippen MR) is 86.6 cm³/mol. The standard InChI is InChI=1S/C19H26NO3/c21-18(14-6-2-1-3-7-14)19(22)23-17-12-15-8-9-16(13-17)20(15)10-4-5-11-20/h1-3,6-7,15-18,21H,4-5,8-13H2/q+1. The summed E-state index contributed by atoms with van der Waals surface area (Å²) in [5, 5.41) is 10.2. The zero-order valence-corrected chi connectivity index (χ0v) is 13.6. The van der Waals surface area contributed by atoms with E-state index >= 15 is 0 Å². The van der Waals surface area contributed by atoms with Crippen LogP contribution < -0.4 is 0 Å².